The van der Waals surface area contributed by atoms with Crippen molar-refractivity contribution in [1.82, 2.24) is 9.13 Å². The number of nitrogens with one attached hydrogen (secondary N) is 1. The second kappa shape index (κ2) is 7.64. The summed E-state index contributed by atoms with van der Waals surface area (Å²) in [5.41, 5.74) is -1.10. The largest absolute Gasteiger partial charge is 0.381 e. The van der Waals surface area contributed by atoms with E-state index in [2.05, 4.69) is 19.2 Å². The van der Waals surface area contributed by atoms with Gasteiger partial charge in [0.15, 0.2) is 5.56 Å². The summed E-state index contributed by atoms with van der Waals surface area (Å²) in [5.74, 6) is 0.746. The minimum absolute atomic E-state index is 0.0531. The van der Waals surface area contributed by atoms with Crippen LogP contribution in [-0.2, 0) is 18.8 Å². The molecule has 0 saturated heterocycles. The molecule has 0 spiro atoms. The zero-order chi connectivity index (χ0) is 16.0. The summed E-state index contributed by atoms with van der Waals surface area (Å²) in [6.07, 6.45) is 0.723. The molecule has 1 aromatic rings. The SMILES string of the molecule is CC(C)COCCCNc1c(C#N)c(=O)n(C)c(=O)n1C. The fourth-order valence-electron chi connectivity index (χ4n) is 1.85. The van der Waals surface area contributed by atoms with Gasteiger partial charge in [-0.05, 0) is 12.3 Å². The first kappa shape index (κ1) is 17.0. The van der Waals surface area contributed by atoms with Crippen molar-refractivity contribution in [2.24, 2.45) is 20.0 Å². The average Bonchev–Trinajstić information content (AvgIpc) is 2.45. The molecule has 1 N–H and O–H groups in total. The Morgan fingerprint density at radius 2 is 1.95 bits per heavy atom. The Morgan fingerprint density at radius 3 is 2.52 bits per heavy atom. The maximum atomic E-state index is 11.9. The molecule has 0 bridgehead atoms. The van der Waals surface area contributed by atoms with Gasteiger partial charge in [0.2, 0.25) is 0 Å². The normalized spacial score (nSPS) is 10.7. The van der Waals surface area contributed by atoms with E-state index in [9.17, 15) is 9.59 Å². The monoisotopic (exact) mass is 294 g/mol. The van der Waals surface area contributed by atoms with E-state index in [1.807, 2.05) is 6.07 Å². The molecule has 1 heterocycles. The van der Waals surface area contributed by atoms with Crippen molar-refractivity contribution in [3.05, 3.63) is 26.4 Å². The molecule has 0 aliphatic heterocycles. The molecule has 0 radical (unpaired) electrons. The summed E-state index contributed by atoms with van der Waals surface area (Å²) in [5, 5.41) is 12.1. The van der Waals surface area contributed by atoms with Crippen molar-refractivity contribution in [3.63, 3.8) is 0 Å². The van der Waals surface area contributed by atoms with Crippen molar-refractivity contribution >= 4 is 5.82 Å². The molecular weight excluding hydrogens is 272 g/mol. The Bertz CT molecular complexity index is 637. The molecule has 7 heteroatoms. The van der Waals surface area contributed by atoms with Crippen LogP contribution in [0.3, 0.4) is 0 Å². The quantitative estimate of drug-likeness (QED) is 0.737. The smallest absolute Gasteiger partial charge is 0.332 e. The molecule has 0 aliphatic rings. The van der Waals surface area contributed by atoms with Gasteiger partial charge >= 0.3 is 5.69 Å². The van der Waals surface area contributed by atoms with Crippen molar-refractivity contribution < 1.29 is 4.74 Å². The second-order valence-electron chi connectivity index (χ2n) is 5.29. The first-order valence-corrected chi connectivity index (χ1v) is 6.91. The van der Waals surface area contributed by atoms with E-state index in [1.165, 1.54) is 18.7 Å². The van der Waals surface area contributed by atoms with E-state index >= 15 is 0 Å². The third-order valence-corrected chi connectivity index (χ3v) is 2.99. The molecule has 0 aromatic carbocycles. The predicted molar refractivity (Wildman–Crippen MR) is 80.4 cm³/mol. The van der Waals surface area contributed by atoms with Crippen LogP contribution >= 0.6 is 0 Å². The lowest BCUT2D eigenvalue weighted by molar-refractivity contribution is 0.110. The van der Waals surface area contributed by atoms with E-state index in [0.29, 0.717) is 25.7 Å². The molecule has 0 saturated carbocycles. The molecule has 0 fully saturated rings. The molecule has 0 atom stereocenters. The number of nitriles is 1. The topological polar surface area (TPSA) is 89.1 Å². The predicted octanol–water partition coefficient (Wildman–Crippen LogP) is 0.430. The van der Waals surface area contributed by atoms with Crippen LogP contribution in [0.5, 0.6) is 0 Å². The van der Waals surface area contributed by atoms with Gasteiger partial charge in [0.1, 0.15) is 11.9 Å². The number of ether oxygens (including phenoxy) is 1. The number of aromatic nitrogens is 2. The lowest BCUT2D eigenvalue weighted by atomic mass is 10.2. The molecule has 1 aromatic heterocycles. The fourth-order valence-corrected chi connectivity index (χ4v) is 1.85. The van der Waals surface area contributed by atoms with E-state index in [-0.39, 0.29) is 11.4 Å². The maximum absolute atomic E-state index is 11.9. The molecule has 116 valence electrons. The Kier molecular flexibility index (Phi) is 6.18. The van der Waals surface area contributed by atoms with Gasteiger partial charge in [-0.25, -0.2) is 4.79 Å². The minimum Gasteiger partial charge on any atom is -0.381 e. The van der Waals surface area contributed by atoms with Gasteiger partial charge in [0.05, 0.1) is 0 Å². The minimum atomic E-state index is -0.584. The Labute approximate surface area is 123 Å². The third-order valence-electron chi connectivity index (χ3n) is 2.99. The number of hydrogen-bond acceptors (Lipinski definition) is 5. The van der Waals surface area contributed by atoms with Crippen LogP contribution in [0.25, 0.3) is 0 Å². The lowest BCUT2D eigenvalue weighted by Crippen LogP contribution is -2.40. The van der Waals surface area contributed by atoms with Crippen LogP contribution in [0.1, 0.15) is 25.8 Å². The summed E-state index contributed by atoms with van der Waals surface area (Å²) in [6, 6.07) is 1.85. The summed E-state index contributed by atoms with van der Waals surface area (Å²) >= 11 is 0. The van der Waals surface area contributed by atoms with Crippen LogP contribution in [0.2, 0.25) is 0 Å². The first-order chi connectivity index (χ1) is 9.90. The Balaban J connectivity index is 2.74. The highest BCUT2D eigenvalue weighted by atomic mass is 16.5. The highest BCUT2D eigenvalue weighted by Crippen LogP contribution is 2.06. The van der Waals surface area contributed by atoms with Crippen molar-refractivity contribution in [1.29, 1.82) is 5.26 Å². The highest BCUT2D eigenvalue weighted by Gasteiger charge is 2.14. The standard InChI is InChI=1S/C14H22N4O3/c1-10(2)9-21-7-5-6-16-12-11(8-15)13(19)18(4)14(20)17(12)3/h10,16H,5-7,9H2,1-4H3. The summed E-state index contributed by atoms with van der Waals surface area (Å²) in [7, 11) is 2.88. The van der Waals surface area contributed by atoms with Gasteiger partial charge in [-0.15, -0.1) is 0 Å². The molecule has 7 nitrogen and oxygen atoms in total. The van der Waals surface area contributed by atoms with Gasteiger partial charge in [0, 0.05) is 33.9 Å². The molecule has 0 unspecified atom stereocenters. The van der Waals surface area contributed by atoms with Crippen molar-refractivity contribution in [3.8, 4) is 6.07 Å². The Hall–Kier alpha value is -2.07. The molecule has 0 aliphatic carbocycles. The summed E-state index contributed by atoms with van der Waals surface area (Å²) in [6.45, 7) is 5.97. The van der Waals surface area contributed by atoms with Crippen molar-refractivity contribution in [2.75, 3.05) is 25.1 Å². The van der Waals surface area contributed by atoms with Gasteiger partial charge < -0.3 is 10.1 Å². The Morgan fingerprint density at radius 1 is 1.29 bits per heavy atom. The number of rotatable bonds is 7. The molecule has 1 rings (SSSR count). The van der Waals surface area contributed by atoms with Gasteiger partial charge in [-0.3, -0.25) is 13.9 Å². The molecule has 21 heavy (non-hydrogen) atoms. The number of hydrogen-bond donors (Lipinski definition) is 1. The van der Waals surface area contributed by atoms with Crippen LogP contribution in [0.4, 0.5) is 5.82 Å². The van der Waals surface area contributed by atoms with Crippen LogP contribution < -0.4 is 16.6 Å². The van der Waals surface area contributed by atoms with Gasteiger partial charge in [0.25, 0.3) is 5.56 Å². The van der Waals surface area contributed by atoms with Crippen molar-refractivity contribution in [2.45, 2.75) is 20.3 Å². The lowest BCUT2D eigenvalue weighted by Gasteiger charge is -2.13. The average molecular weight is 294 g/mol. The van der Waals surface area contributed by atoms with E-state index in [4.69, 9.17) is 10.00 Å². The fraction of sp³-hybridized carbons (Fsp3) is 0.643. The summed E-state index contributed by atoms with van der Waals surface area (Å²) < 4.78 is 7.65. The summed E-state index contributed by atoms with van der Waals surface area (Å²) in [4.78, 5) is 23.7. The van der Waals surface area contributed by atoms with E-state index < -0.39 is 11.2 Å². The molecular formula is C14H22N4O3. The highest BCUT2D eigenvalue weighted by molar-refractivity contribution is 5.51. The van der Waals surface area contributed by atoms with Gasteiger partial charge in [-0.2, -0.15) is 5.26 Å². The first-order valence-electron chi connectivity index (χ1n) is 6.91. The van der Waals surface area contributed by atoms with Crippen LogP contribution in [0, 0.1) is 17.2 Å². The third kappa shape index (κ3) is 4.20. The number of anilines is 1. The zero-order valence-corrected chi connectivity index (χ0v) is 13.0. The second-order valence-corrected chi connectivity index (χ2v) is 5.29. The van der Waals surface area contributed by atoms with Crippen LogP contribution in [0.15, 0.2) is 9.59 Å². The van der Waals surface area contributed by atoms with E-state index in [0.717, 1.165) is 11.0 Å². The van der Waals surface area contributed by atoms with Crippen LogP contribution in [-0.4, -0.2) is 28.9 Å². The zero-order valence-electron chi connectivity index (χ0n) is 13.0. The van der Waals surface area contributed by atoms with Gasteiger partial charge in [-0.1, -0.05) is 13.8 Å². The number of nitrogens with zero attached hydrogens (tertiary/aromatic N) is 3. The van der Waals surface area contributed by atoms with E-state index in [1.54, 1.807) is 0 Å². The molecule has 0 amide bonds. The maximum Gasteiger partial charge on any atom is 0.332 e.